The standard InChI is InChI=1S/C11H11N3O2S/c1-6-5-13-11(17-6)14-10(16)7-3-2-4-8(12)9(7)15/h2-5,15H,12H2,1H3,(H,13,14,16). The molecule has 1 amide bonds. The van der Waals surface area contributed by atoms with Crippen molar-refractivity contribution in [2.45, 2.75) is 6.92 Å². The molecular formula is C11H11N3O2S. The summed E-state index contributed by atoms with van der Waals surface area (Å²) in [5.74, 6) is -0.637. The first kappa shape index (κ1) is 11.4. The van der Waals surface area contributed by atoms with E-state index in [4.69, 9.17) is 5.73 Å². The zero-order valence-corrected chi connectivity index (χ0v) is 9.91. The second-order valence-electron chi connectivity index (χ2n) is 3.47. The highest BCUT2D eigenvalue weighted by molar-refractivity contribution is 7.15. The molecule has 0 unspecified atom stereocenters. The predicted molar refractivity (Wildman–Crippen MR) is 67.3 cm³/mol. The SMILES string of the molecule is Cc1cnc(NC(=O)c2cccc(N)c2O)s1. The van der Waals surface area contributed by atoms with E-state index in [0.29, 0.717) is 5.13 Å². The molecular weight excluding hydrogens is 238 g/mol. The van der Waals surface area contributed by atoms with E-state index in [9.17, 15) is 9.90 Å². The number of nitrogen functional groups attached to an aromatic ring is 1. The lowest BCUT2D eigenvalue weighted by Crippen LogP contribution is -2.12. The number of nitrogens with two attached hydrogens (primary N) is 1. The van der Waals surface area contributed by atoms with Gasteiger partial charge in [-0.3, -0.25) is 10.1 Å². The first-order chi connectivity index (χ1) is 8.08. The number of aromatic hydroxyl groups is 1. The molecule has 1 heterocycles. The van der Waals surface area contributed by atoms with Crippen molar-refractivity contribution in [2.75, 3.05) is 11.1 Å². The number of rotatable bonds is 2. The highest BCUT2D eigenvalue weighted by atomic mass is 32.1. The largest absolute Gasteiger partial charge is 0.505 e. The van der Waals surface area contributed by atoms with E-state index in [2.05, 4.69) is 10.3 Å². The van der Waals surface area contributed by atoms with Crippen LogP contribution < -0.4 is 11.1 Å². The Morgan fingerprint density at radius 1 is 1.53 bits per heavy atom. The van der Waals surface area contributed by atoms with Gasteiger partial charge in [-0.15, -0.1) is 11.3 Å². The van der Waals surface area contributed by atoms with Gasteiger partial charge >= 0.3 is 0 Å². The smallest absolute Gasteiger partial charge is 0.261 e. The lowest BCUT2D eigenvalue weighted by atomic mass is 10.1. The summed E-state index contributed by atoms with van der Waals surface area (Å²) in [5.41, 5.74) is 5.82. The maximum Gasteiger partial charge on any atom is 0.261 e. The lowest BCUT2D eigenvalue weighted by molar-refractivity contribution is 0.102. The molecule has 0 saturated heterocycles. The Kier molecular flexibility index (Phi) is 2.97. The monoisotopic (exact) mass is 249 g/mol. The van der Waals surface area contributed by atoms with Crippen molar-refractivity contribution >= 4 is 28.1 Å². The van der Waals surface area contributed by atoms with Crippen LogP contribution in [0.3, 0.4) is 0 Å². The maximum atomic E-state index is 11.8. The summed E-state index contributed by atoms with van der Waals surface area (Å²) >= 11 is 1.36. The van der Waals surface area contributed by atoms with Gasteiger partial charge in [0.25, 0.3) is 5.91 Å². The minimum atomic E-state index is -0.427. The van der Waals surface area contributed by atoms with E-state index in [-0.39, 0.29) is 17.0 Å². The summed E-state index contributed by atoms with van der Waals surface area (Å²) < 4.78 is 0. The van der Waals surface area contributed by atoms with Gasteiger partial charge in [0.05, 0.1) is 11.3 Å². The van der Waals surface area contributed by atoms with Crippen LogP contribution in [0.5, 0.6) is 5.75 Å². The average Bonchev–Trinajstić information content (AvgIpc) is 2.68. The third-order valence-corrected chi connectivity index (χ3v) is 2.98. The summed E-state index contributed by atoms with van der Waals surface area (Å²) in [5, 5.41) is 12.7. The van der Waals surface area contributed by atoms with Gasteiger partial charge in [0.1, 0.15) is 0 Å². The third kappa shape index (κ3) is 2.36. The molecule has 0 saturated carbocycles. The minimum Gasteiger partial charge on any atom is -0.505 e. The maximum absolute atomic E-state index is 11.8. The molecule has 1 aromatic carbocycles. The Morgan fingerprint density at radius 2 is 2.29 bits per heavy atom. The van der Waals surface area contributed by atoms with Gasteiger partial charge in [-0.05, 0) is 19.1 Å². The minimum absolute atomic E-state index is 0.137. The van der Waals surface area contributed by atoms with Crippen molar-refractivity contribution in [1.82, 2.24) is 4.98 Å². The van der Waals surface area contributed by atoms with E-state index in [0.717, 1.165) is 4.88 Å². The molecule has 88 valence electrons. The number of phenolic OH excluding ortho intramolecular Hbond substituents is 1. The average molecular weight is 249 g/mol. The summed E-state index contributed by atoms with van der Waals surface area (Å²) in [6.45, 7) is 1.89. The molecule has 0 bridgehead atoms. The van der Waals surface area contributed by atoms with Crippen molar-refractivity contribution in [1.29, 1.82) is 0 Å². The molecule has 0 spiro atoms. The number of carbonyl (C=O) groups excluding carboxylic acids is 1. The number of nitrogens with zero attached hydrogens (tertiary/aromatic N) is 1. The summed E-state index contributed by atoms with van der Waals surface area (Å²) in [4.78, 5) is 16.8. The summed E-state index contributed by atoms with van der Waals surface area (Å²) in [6, 6.07) is 4.64. The normalized spacial score (nSPS) is 10.2. The van der Waals surface area contributed by atoms with Gasteiger partial charge < -0.3 is 10.8 Å². The number of hydrogen-bond donors (Lipinski definition) is 3. The fraction of sp³-hybridized carbons (Fsp3) is 0.0909. The molecule has 0 atom stereocenters. The van der Waals surface area contributed by atoms with Crippen LogP contribution in [0.15, 0.2) is 24.4 Å². The second kappa shape index (κ2) is 4.42. The first-order valence-corrected chi connectivity index (χ1v) is 5.71. The summed E-state index contributed by atoms with van der Waals surface area (Å²) in [6.07, 6.45) is 1.67. The number of anilines is 2. The molecule has 0 aliphatic heterocycles. The van der Waals surface area contributed by atoms with Crippen LogP contribution >= 0.6 is 11.3 Å². The molecule has 0 aliphatic carbocycles. The number of para-hydroxylation sites is 1. The molecule has 0 radical (unpaired) electrons. The number of phenols is 1. The zero-order valence-electron chi connectivity index (χ0n) is 9.10. The molecule has 4 N–H and O–H groups in total. The van der Waals surface area contributed by atoms with E-state index < -0.39 is 5.91 Å². The van der Waals surface area contributed by atoms with Crippen LogP contribution in [0.25, 0.3) is 0 Å². The molecule has 1 aromatic heterocycles. The molecule has 2 aromatic rings. The number of aryl methyl sites for hydroxylation is 1. The Bertz CT molecular complexity index is 566. The Balaban J connectivity index is 2.23. The van der Waals surface area contributed by atoms with E-state index in [1.54, 1.807) is 12.3 Å². The Morgan fingerprint density at radius 3 is 2.94 bits per heavy atom. The van der Waals surface area contributed by atoms with Gasteiger partial charge in [0.15, 0.2) is 10.9 Å². The van der Waals surface area contributed by atoms with Gasteiger partial charge in [-0.25, -0.2) is 4.98 Å². The number of amides is 1. The van der Waals surface area contributed by atoms with Crippen molar-refractivity contribution in [2.24, 2.45) is 0 Å². The van der Waals surface area contributed by atoms with E-state index in [1.165, 1.54) is 23.5 Å². The molecule has 5 nitrogen and oxygen atoms in total. The predicted octanol–water partition coefficient (Wildman–Crippen LogP) is 1.99. The molecule has 0 aliphatic rings. The quantitative estimate of drug-likeness (QED) is 0.561. The third-order valence-electron chi connectivity index (χ3n) is 2.15. The van der Waals surface area contributed by atoms with Crippen molar-refractivity contribution in [3.05, 3.63) is 34.8 Å². The number of thiazole rings is 1. The van der Waals surface area contributed by atoms with Gasteiger partial charge in [0, 0.05) is 11.1 Å². The highest BCUT2D eigenvalue weighted by Gasteiger charge is 2.14. The topological polar surface area (TPSA) is 88.2 Å². The first-order valence-electron chi connectivity index (χ1n) is 4.89. The molecule has 0 fully saturated rings. The Hall–Kier alpha value is -2.08. The zero-order chi connectivity index (χ0) is 12.4. The van der Waals surface area contributed by atoms with Gasteiger partial charge in [0.2, 0.25) is 0 Å². The highest BCUT2D eigenvalue weighted by Crippen LogP contribution is 2.26. The van der Waals surface area contributed by atoms with Crippen molar-refractivity contribution < 1.29 is 9.90 Å². The second-order valence-corrected chi connectivity index (χ2v) is 4.71. The molecule has 17 heavy (non-hydrogen) atoms. The lowest BCUT2D eigenvalue weighted by Gasteiger charge is -2.05. The van der Waals surface area contributed by atoms with Crippen molar-refractivity contribution in [3.8, 4) is 5.75 Å². The van der Waals surface area contributed by atoms with Gasteiger partial charge in [-0.1, -0.05) is 6.07 Å². The van der Waals surface area contributed by atoms with Crippen LogP contribution in [-0.2, 0) is 0 Å². The van der Waals surface area contributed by atoms with Crippen LogP contribution in [-0.4, -0.2) is 16.0 Å². The van der Waals surface area contributed by atoms with E-state index in [1.807, 2.05) is 6.92 Å². The summed E-state index contributed by atoms with van der Waals surface area (Å²) in [7, 11) is 0. The van der Waals surface area contributed by atoms with Crippen molar-refractivity contribution in [3.63, 3.8) is 0 Å². The van der Waals surface area contributed by atoms with Crippen LogP contribution in [0, 0.1) is 6.92 Å². The fourth-order valence-electron chi connectivity index (χ4n) is 1.32. The molecule has 6 heteroatoms. The number of hydrogen-bond acceptors (Lipinski definition) is 5. The number of aromatic nitrogens is 1. The van der Waals surface area contributed by atoms with E-state index >= 15 is 0 Å². The van der Waals surface area contributed by atoms with Crippen LogP contribution in [0.1, 0.15) is 15.2 Å². The van der Waals surface area contributed by atoms with Gasteiger partial charge in [-0.2, -0.15) is 0 Å². The Labute approximate surface area is 102 Å². The number of carbonyl (C=O) groups is 1. The molecule has 2 rings (SSSR count). The van der Waals surface area contributed by atoms with Crippen LogP contribution in [0.2, 0.25) is 0 Å². The number of benzene rings is 1. The van der Waals surface area contributed by atoms with Crippen LogP contribution in [0.4, 0.5) is 10.8 Å². The number of nitrogens with one attached hydrogen (secondary N) is 1. The fourth-order valence-corrected chi connectivity index (χ4v) is 1.98.